The van der Waals surface area contributed by atoms with Crippen LogP contribution < -0.4 is 14.8 Å². The van der Waals surface area contributed by atoms with Gasteiger partial charge in [0.05, 0.1) is 29.9 Å². The Morgan fingerprint density at radius 2 is 1.83 bits per heavy atom. The van der Waals surface area contributed by atoms with Gasteiger partial charge in [0.15, 0.2) is 11.5 Å². The third kappa shape index (κ3) is 5.29. The number of ether oxygens (including phenoxy) is 2. The van der Waals surface area contributed by atoms with Crippen LogP contribution in [0.4, 0.5) is 17.1 Å². The number of rotatable bonds is 8. The van der Waals surface area contributed by atoms with Gasteiger partial charge in [-0.15, -0.1) is 5.11 Å². The topological polar surface area (TPSA) is 132 Å². The smallest absolute Gasteiger partial charge is 0.296 e. The molecule has 1 amide bonds. The van der Waals surface area contributed by atoms with Crippen molar-refractivity contribution >= 4 is 40.4 Å². The van der Waals surface area contributed by atoms with Crippen molar-refractivity contribution in [3.05, 3.63) is 51.0 Å². The molecule has 0 aliphatic heterocycles. The number of azo groups is 1. The molecule has 2 rings (SSSR count). The number of amides is 1. The molecule has 1 unspecified atom stereocenters. The highest BCUT2D eigenvalue weighted by Crippen LogP contribution is 2.36. The van der Waals surface area contributed by atoms with Crippen LogP contribution in [-0.2, 0) is 9.59 Å². The molecule has 0 aliphatic carbocycles. The van der Waals surface area contributed by atoms with E-state index in [1.54, 1.807) is 13.0 Å². The molecule has 1 atom stereocenters. The number of ketones is 1. The van der Waals surface area contributed by atoms with Crippen molar-refractivity contribution in [2.24, 2.45) is 10.2 Å². The summed E-state index contributed by atoms with van der Waals surface area (Å²) in [6, 6.07) is 5.65. The van der Waals surface area contributed by atoms with Crippen molar-refractivity contribution in [1.29, 1.82) is 0 Å². The zero-order valence-electron chi connectivity index (χ0n) is 16.6. The summed E-state index contributed by atoms with van der Waals surface area (Å²) in [5.41, 5.74) is 0.487. The first-order chi connectivity index (χ1) is 14.2. The molecule has 0 bridgehead atoms. The molecule has 0 saturated heterocycles. The van der Waals surface area contributed by atoms with Crippen molar-refractivity contribution in [3.63, 3.8) is 0 Å². The number of carbonyl (C=O) groups excluding carboxylic acids is 2. The molecule has 0 fully saturated rings. The highest BCUT2D eigenvalue weighted by molar-refractivity contribution is 6.32. The number of anilines is 1. The van der Waals surface area contributed by atoms with Gasteiger partial charge in [-0.3, -0.25) is 19.7 Å². The number of Topliss-reactive ketones (excluding diaryl/α,β-unsaturated/α-hetero) is 1. The zero-order valence-corrected chi connectivity index (χ0v) is 17.4. The van der Waals surface area contributed by atoms with Gasteiger partial charge in [-0.1, -0.05) is 17.7 Å². The molecule has 0 heterocycles. The maximum atomic E-state index is 12.6. The van der Waals surface area contributed by atoms with Crippen LogP contribution >= 0.6 is 11.6 Å². The fourth-order valence-electron chi connectivity index (χ4n) is 2.46. The van der Waals surface area contributed by atoms with Crippen molar-refractivity contribution in [1.82, 2.24) is 0 Å². The van der Waals surface area contributed by atoms with Crippen LogP contribution in [0.1, 0.15) is 12.5 Å². The first-order valence-electron chi connectivity index (χ1n) is 8.56. The summed E-state index contributed by atoms with van der Waals surface area (Å²) in [4.78, 5) is 35.2. The normalized spacial score (nSPS) is 11.8. The van der Waals surface area contributed by atoms with Gasteiger partial charge in [0.25, 0.3) is 11.6 Å². The molecule has 0 aliphatic rings. The van der Waals surface area contributed by atoms with Gasteiger partial charge in [0.2, 0.25) is 6.04 Å². The Kier molecular flexibility index (Phi) is 7.43. The van der Waals surface area contributed by atoms with Gasteiger partial charge in [-0.2, -0.15) is 5.11 Å². The molecule has 30 heavy (non-hydrogen) atoms. The number of methoxy groups -OCH3 is 2. The number of hydrogen-bond donors (Lipinski definition) is 1. The van der Waals surface area contributed by atoms with E-state index in [0.29, 0.717) is 11.3 Å². The number of nitrogens with zero attached hydrogens (tertiary/aromatic N) is 3. The van der Waals surface area contributed by atoms with E-state index in [-0.39, 0.29) is 27.8 Å². The van der Waals surface area contributed by atoms with E-state index in [1.807, 2.05) is 0 Å². The predicted molar refractivity (Wildman–Crippen MR) is 110 cm³/mol. The van der Waals surface area contributed by atoms with E-state index in [0.717, 1.165) is 6.92 Å². The number of hydrogen-bond acceptors (Lipinski definition) is 8. The summed E-state index contributed by atoms with van der Waals surface area (Å²) in [7, 11) is 2.81. The minimum Gasteiger partial charge on any atom is -0.495 e. The van der Waals surface area contributed by atoms with Crippen molar-refractivity contribution < 1.29 is 24.0 Å². The average Bonchev–Trinajstić information content (AvgIpc) is 2.68. The SMILES string of the molecule is COc1cc(OC)c(NC(=O)C(N=Nc2ccc(C)cc2[N+](=O)[O-])C(C)=O)cc1Cl. The first-order valence-corrected chi connectivity index (χ1v) is 8.94. The molecule has 0 aromatic heterocycles. The van der Waals surface area contributed by atoms with Gasteiger partial charge < -0.3 is 14.8 Å². The Bertz CT molecular complexity index is 1020. The van der Waals surface area contributed by atoms with Gasteiger partial charge in [-0.05, 0) is 31.5 Å². The molecule has 1 N–H and O–H groups in total. The molecule has 0 spiro atoms. The van der Waals surface area contributed by atoms with Crippen molar-refractivity contribution in [2.45, 2.75) is 19.9 Å². The lowest BCUT2D eigenvalue weighted by Gasteiger charge is -2.14. The fraction of sp³-hybridized carbons (Fsp3) is 0.263. The lowest BCUT2D eigenvalue weighted by Crippen LogP contribution is -2.32. The van der Waals surface area contributed by atoms with Gasteiger partial charge in [0, 0.05) is 12.1 Å². The van der Waals surface area contributed by atoms with E-state index >= 15 is 0 Å². The Morgan fingerprint density at radius 3 is 2.40 bits per heavy atom. The van der Waals surface area contributed by atoms with Gasteiger partial charge in [-0.25, -0.2) is 0 Å². The summed E-state index contributed by atoms with van der Waals surface area (Å²) in [6.45, 7) is 2.85. The number of nitro groups is 1. The van der Waals surface area contributed by atoms with E-state index in [1.165, 1.54) is 38.5 Å². The second kappa shape index (κ2) is 9.79. The quantitative estimate of drug-likeness (QED) is 0.285. The Balaban J connectivity index is 2.33. The Morgan fingerprint density at radius 1 is 1.17 bits per heavy atom. The number of carbonyl (C=O) groups is 2. The van der Waals surface area contributed by atoms with Crippen LogP contribution in [0.5, 0.6) is 11.5 Å². The van der Waals surface area contributed by atoms with Crippen molar-refractivity contribution in [2.75, 3.05) is 19.5 Å². The number of benzene rings is 2. The molecule has 2 aromatic rings. The standard InChI is InChI=1S/C19H19ClN4O6/c1-10-5-6-13(15(7-10)24(27)28)22-23-18(11(2)25)19(26)21-14-8-12(20)16(29-3)9-17(14)30-4/h5-9,18H,1-4H3,(H,21,26). The summed E-state index contributed by atoms with van der Waals surface area (Å²) < 4.78 is 10.3. The highest BCUT2D eigenvalue weighted by atomic mass is 35.5. The molecule has 11 heteroatoms. The molecule has 2 aromatic carbocycles. The van der Waals surface area contributed by atoms with Crippen LogP contribution in [0.2, 0.25) is 5.02 Å². The van der Waals surface area contributed by atoms with E-state index in [4.69, 9.17) is 21.1 Å². The fourth-order valence-corrected chi connectivity index (χ4v) is 2.70. The molecular weight excluding hydrogens is 416 g/mol. The van der Waals surface area contributed by atoms with Crippen LogP contribution in [0.3, 0.4) is 0 Å². The maximum absolute atomic E-state index is 12.6. The summed E-state index contributed by atoms with van der Waals surface area (Å²) in [5, 5.41) is 21.4. The second-order valence-corrected chi connectivity index (χ2v) is 6.56. The minimum absolute atomic E-state index is 0.0743. The average molecular weight is 435 g/mol. The number of aryl methyl sites for hydroxylation is 1. The lowest BCUT2D eigenvalue weighted by atomic mass is 10.2. The summed E-state index contributed by atoms with van der Waals surface area (Å²) in [5.74, 6) is -0.829. The minimum atomic E-state index is -1.53. The van der Waals surface area contributed by atoms with Crippen molar-refractivity contribution in [3.8, 4) is 11.5 Å². The highest BCUT2D eigenvalue weighted by Gasteiger charge is 2.25. The molecule has 10 nitrogen and oxygen atoms in total. The molecule has 0 radical (unpaired) electrons. The van der Waals surface area contributed by atoms with E-state index < -0.39 is 22.7 Å². The summed E-state index contributed by atoms with van der Waals surface area (Å²) in [6.07, 6.45) is 0. The lowest BCUT2D eigenvalue weighted by molar-refractivity contribution is -0.384. The van der Waals surface area contributed by atoms with Crippen LogP contribution in [-0.4, -0.2) is 36.9 Å². The van der Waals surface area contributed by atoms with Gasteiger partial charge >= 0.3 is 0 Å². The third-order valence-corrected chi connectivity index (χ3v) is 4.27. The van der Waals surface area contributed by atoms with Crippen LogP contribution in [0.15, 0.2) is 40.6 Å². The first kappa shape index (κ1) is 22.8. The zero-order chi connectivity index (χ0) is 22.4. The van der Waals surface area contributed by atoms with Gasteiger partial charge in [0.1, 0.15) is 11.5 Å². The maximum Gasteiger partial charge on any atom is 0.296 e. The monoisotopic (exact) mass is 434 g/mol. The van der Waals surface area contributed by atoms with E-state index in [2.05, 4.69) is 15.5 Å². The predicted octanol–water partition coefficient (Wildman–Crippen LogP) is 4.25. The third-order valence-electron chi connectivity index (χ3n) is 3.97. The van der Waals surface area contributed by atoms with Crippen LogP contribution in [0, 0.1) is 17.0 Å². The molecule has 0 saturated carbocycles. The molecular formula is C19H19ClN4O6. The number of halogens is 1. The summed E-state index contributed by atoms with van der Waals surface area (Å²) >= 11 is 6.08. The molecule has 158 valence electrons. The Labute approximate surface area is 177 Å². The Hall–Kier alpha value is -3.53. The number of nitro benzene ring substituents is 1. The largest absolute Gasteiger partial charge is 0.495 e. The van der Waals surface area contributed by atoms with Crippen LogP contribution in [0.25, 0.3) is 0 Å². The van der Waals surface area contributed by atoms with E-state index in [9.17, 15) is 19.7 Å². The number of nitrogens with one attached hydrogen (secondary N) is 1. The second-order valence-electron chi connectivity index (χ2n) is 6.15.